The van der Waals surface area contributed by atoms with Crippen LogP contribution < -0.4 is 0 Å². The summed E-state index contributed by atoms with van der Waals surface area (Å²) in [4.78, 5) is 21.4. The summed E-state index contributed by atoms with van der Waals surface area (Å²) in [7, 11) is 0. The molecule has 5 rings (SSSR count). The third-order valence-electron chi connectivity index (χ3n) is 6.32. The Morgan fingerprint density at radius 3 is 2.86 bits per heavy atom. The van der Waals surface area contributed by atoms with Crippen LogP contribution in [-0.2, 0) is 16.0 Å². The molecule has 7 heteroatoms. The van der Waals surface area contributed by atoms with Crippen molar-refractivity contribution in [1.29, 1.82) is 0 Å². The van der Waals surface area contributed by atoms with Gasteiger partial charge in [-0.05, 0) is 43.9 Å². The lowest BCUT2D eigenvalue weighted by Gasteiger charge is -2.25. The normalized spacial score (nSPS) is 25.7. The second-order valence-corrected chi connectivity index (χ2v) is 8.20. The Hall–Kier alpha value is -2.64. The van der Waals surface area contributed by atoms with E-state index in [1.54, 1.807) is 12.4 Å². The van der Waals surface area contributed by atoms with Gasteiger partial charge in [0, 0.05) is 60.1 Å². The Kier molecular flexibility index (Phi) is 4.64. The van der Waals surface area contributed by atoms with E-state index in [2.05, 4.69) is 20.2 Å². The fourth-order valence-corrected chi connectivity index (χ4v) is 4.91. The summed E-state index contributed by atoms with van der Waals surface area (Å²) in [6, 6.07) is 5.82. The fraction of sp³-hybridized carbons (Fsp3) is 0.455. The topological polar surface area (TPSA) is 101 Å². The van der Waals surface area contributed by atoms with Crippen LogP contribution in [0.5, 0.6) is 0 Å². The van der Waals surface area contributed by atoms with E-state index in [0.29, 0.717) is 6.42 Å². The number of nitrogens with one attached hydrogen (secondary N) is 1. The summed E-state index contributed by atoms with van der Waals surface area (Å²) in [6.07, 6.45) is 6.51. The first-order valence-corrected chi connectivity index (χ1v) is 10.2. The fourth-order valence-electron chi connectivity index (χ4n) is 4.91. The third-order valence-corrected chi connectivity index (χ3v) is 6.32. The Balaban J connectivity index is 1.32. The number of carbonyl (C=O) groups excluding carboxylic acids is 1. The number of aliphatic hydroxyl groups is 1. The smallest absolute Gasteiger partial charge is 0.139 e. The Morgan fingerprint density at radius 2 is 2.07 bits per heavy atom. The second-order valence-electron chi connectivity index (χ2n) is 8.20. The molecule has 2 N–H and O–H groups in total. The molecule has 3 aromatic heterocycles. The number of ether oxygens (including phenoxy) is 1. The Bertz CT molecular complexity index is 1060. The molecule has 0 spiro atoms. The third kappa shape index (κ3) is 3.34. The predicted molar refractivity (Wildman–Crippen MR) is 107 cm³/mol. The summed E-state index contributed by atoms with van der Waals surface area (Å²) >= 11 is 0. The van der Waals surface area contributed by atoms with Gasteiger partial charge in [-0.2, -0.15) is 5.10 Å². The molecule has 0 unspecified atom stereocenters. The summed E-state index contributed by atoms with van der Waals surface area (Å²) in [5.41, 5.74) is 4.35. The van der Waals surface area contributed by atoms with Crippen molar-refractivity contribution < 1.29 is 14.6 Å². The van der Waals surface area contributed by atoms with Crippen LogP contribution in [0.25, 0.3) is 22.2 Å². The molecule has 5 heterocycles. The highest BCUT2D eigenvalue weighted by molar-refractivity contribution is 5.93. The van der Waals surface area contributed by atoms with Crippen molar-refractivity contribution in [1.82, 2.24) is 20.2 Å². The van der Waals surface area contributed by atoms with Crippen LogP contribution in [0.15, 0.2) is 30.6 Å². The number of Topliss-reactive ketones (excluding diaryl/α,β-unsaturated/α-hetero) is 1. The van der Waals surface area contributed by atoms with Crippen molar-refractivity contribution in [3.63, 3.8) is 0 Å². The molecule has 3 aromatic rings. The number of rotatable bonds is 6. The highest BCUT2D eigenvalue weighted by atomic mass is 16.5. The first kappa shape index (κ1) is 18.4. The van der Waals surface area contributed by atoms with Gasteiger partial charge in [0.05, 0.1) is 17.7 Å². The van der Waals surface area contributed by atoms with Crippen molar-refractivity contribution in [3.8, 4) is 11.3 Å². The molecule has 4 atom stereocenters. The largest absolute Gasteiger partial charge is 0.396 e. The van der Waals surface area contributed by atoms with Crippen LogP contribution in [0, 0.1) is 18.8 Å². The van der Waals surface area contributed by atoms with Gasteiger partial charge in [0.15, 0.2) is 0 Å². The summed E-state index contributed by atoms with van der Waals surface area (Å²) in [5, 5.41) is 18.1. The molecule has 0 aromatic carbocycles. The van der Waals surface area contributed by atoms with Gasteiger partial charge in [-0.15, -0.1) is 0 Å². The molecule has 2 saturated heterocycles. The molecule has 2 fully saturated rings. The molecule has 0 amide bonds. The molecular weight excluding hydrogens is 368 g/mol. The average molecular weight is 392 g/mol. The number of aromatic nitrogens is 4. The van der Waals surface area contributed by atoms with E-state index in [4.69, 9.17) is 4.74 Å². The lowest BCUT2D eigenvalue weighted by Crippen LogP contribution is -2.31. The van der Waals surface area contributed by atoms with E-state index in [0.717, 1.165) is 46.4 Å². The number of carbonyl (C=O) groups is 1. The average Bonchev–Trinajstić information content (AvgIpc) is 3.42. The van der Waals surface area contributed by atoms with Gasteiger partial charge < -0.3 is 9.84 Å². The maximum atomic E-state index is 12.7. The van der Waals surface area contributed by atoms with Gasteiger partial charge in [-0.25, -0.2) is 0 Å². The van der Waals surface area contributed by atoms with Crippen LogP contribution in [0.3, 0.4) is 0 Å². The zero-order valence-electron chi connectivity index (χ0n) is 16.3. The van der Waals surface area contributed by atoms with Crippen molar-refractivity contribution in [3.05, 3.63) is 42.0 Å². The molecule has 150 valence electrons. The SMILES string of the molecule is Cc1cc(-c2n[nH]c3cc(CC(=O)C[C@@H]4[C@H](CO)[C@H]5CC[C@@H]4O5)ncc23)ccn1. The van der Waals surface area contributed by atoms with Crippen molar-refractivity contribution >= 4 is 16.7 Å². The highest BCUT2D eigenvalue weighted by Gasteiger charge is 2.48. The number of aryl methyl sites for hydroxylation is 1. The number of ketones is 1. The molecular formula is C22H24N4O3. The zero-order chi connectivity index (χ0) is 20.0. The molecule has 0 radical (unpaired) electrons. The lowest BCUT2D eigenvalue weighted by atomic mass is 9.77. The van der Waals surface area contributed by atoms with Gasteiger partial charge in [0.1, 0.15) is 11.5 Å². The number of nitrogens with zero attached hydrogens (tertiary/aromatic N) is 3. The number of hydrogen-bond donors (Lipinski definition) is 2. The minimum absolute atomic E-state index is 0.0899. The van der Waals surface area contributed by atoms with Crippen LogP contribution in [0.4, 0.5) is 0 Å². The van der Waals surface area contributed by atoms with Crippen molar-refractivity contribution in [2.45, 2.75) is 44.8 Å². The Labute approximate surface area is 168 Å². The molecule has 7 nitrogen and oxygen atoms in total. The standard InChI is InChI=1S/C22H24N4O3/c1-12-6-13(4-5-23-12)22-17-10-24-14(8-19(17)25-26-22)7-15(28)9-16-18(11-27)21-3-2-20(16)29-21/h4-6,8,10,16,18,20-21,27H,2-3,7,9,11H2,1H3,(H,25,26)/t16-,18+,20+,21-/m1/s1. The van der Waals surface area contributed by atoms with Crippen LogP contribution >= 0.6 is 0 Å². The number of fused-ring (bicyclic) bond motifs is 3. The van der Waals surface area contributed by atoms with E-state index in [1.165, 1.54) is 0 Å². The quantitative estimate of drug-likeness (QED) is 0.669. The van der Waals surface area contributed by atoms with E-state index >= 15 is 0 Å². The molecule has 0 saturated carbocycles. The van der Waals surface area contributed by atoms with Gasteiger partial charge in [0.25, 0.3) is 0 Å². The predicted octanol–water partition coefficient (Wildman–Crippen LogP) is 2.62. The van der Waals surface area contributed by atoms with Crippen LogP contribution in [0.1, 0.15) is 30.7 Å². The van der Waals surface area contributed by atoms with E-state index in [9.17, 15) is 9.90 Å². The van der Waals surface area contributed by atoms with Gasteiger partial charge >= 0.3 is 0 Å². The molecule has 2 aliphatic heterocycles. The van der Waals surface area contributed by atoms with Gasteiger partial charge in [-0.3, -0.25) is 19.9 Å². The minimum Gasteiger partial charge on any atom is -0.396 e. The van der Waals surface area contributed by atoms with E-state index in [1.807, 2.05) is 25.1 Å². The summed E-state index contributed by atoms with van der Waals surface area (Å²) in [5.74, 6) is 0.358. The maximum absolute atomic E-state index is 12.7. The monoisotopic (exact) mass is 392 g/mol. The first-order valence-electron chi connectivity index (χ1n) is 10.2. The summed E-state index contributed by atoms with van der Waals surface area (Å²) < 4.78 is 5.90. The van der Waals surface area contributed by atoms with Crippen LogP contribution in [0.2, 0.25) is 0 Å². The highest BCUT2D eigenvalue weighted by Crippen LogP contribution is 2.44. The molecule has 2 aliphatic rings. The number of hydrogen-bond acceptors (Lipinski definition) is 6. The number of aliphatic hydroxyl groups excluding tert-OH is 1. The number of aromatic amines is 1. The van der Waals surface area contributed by atoms with Gasteiger partial charge in [0.2, 0.25) is 0 Å². The summed E-state index contributed by atoms with van der Waals surface area (Å²) in [6.45, 7) is 2.04. The van der Waals surface area contributed by atoms with Gasteiger partial charge in [-0.1, -0.05) is 0 Å². The van der Waals surface area contributed by atoms with E-state index in [-0.39, 0.29) is 42.9 Å². The first-order chi connectivity index (χ1) is 14.1. The maximum Gasteiger partial charge on any atom is 0.139 e. The zero-order valence-corrected chi connectivity index (χ0v) is 16.3. The lowest BCUT2D eigenvalue weighted by molar-refractivity contribution is -0.120. The molecule has 0 aliphatic carbocycles. The molecule has 29 heavy (non-hydrogen) atoms. The number of H-pyrrole nitrogens is 1. The van der Waals surface area contributed by atoms with Crippen LogP contribution in [-0.4, -0.2) is 49.9 Å². The minimum atomic E-state index is 0.0899. The van der Waals surface area contributed by atoms with Crippen molar-refractivity contribution in [2.24, 2.45) is 11.8 Å². The molecule has 2 bridgehead atoms. The van der Waals surface area contributed by atoms with E-state index < -0.39 is 0 Å². The number of pyridine rings is 2. The Morgan fingerprint density at radius 1 is 1.24 bits per heavy atom. The van der Waals surface area contributed by atoms with Crippen molar-refractivity contribution in [2.75, 3.05) is 6.61 Å². The second kappa shape index (κ2) is 7.31.